The Morgan fingerprint density at radius 3 is 2.33 bits per heavy atom. The van der Waals surface area contributed by atoms with Gasteiger partial charge in [0.25, 0.3) is 0 Å². The number of hydrogen-bond donors (Lipinski definition) is 0. The van der Waals surface area contributed by atoms with E-state index in [2.05, 4.69) is 15.9 Å². The Hall–Kier alpha value is -2.72. The van der Waals surface area contributed by atoms with Crippen LogP contribution in [-0.2, 0) is 0 Å². The average molecular weight is 420 g/mol. The van der Waals surface area contributed by atoms with Gasteiger partial charge in [-0.15, -0.1) is 0 Å². The number of nitrogens with zero attached hydrogens (tertiary/aromatic N) is 1. The number of methoxy groups -OCH3 is 1. The number of carbonyl (C=O) groups is 1. The minimum Gasteiger partial charge on any atom is -0.497 e. The molecule has 3 aromatic rings. The minimum atomic E-state index is -0.405. The maximum absolute atomic E-state index is 13.2. The van der Waals surface area contributed by atoms with Gasteiger partial charge in [-0.3, -0.25) is 9.79 Å². The van der Waals surface area contributed by atoms with E-state index >= 15 is 0 Å². The maximum atomic E-state index is 13.2. The van der Waals surface area contributed by atoms with Crippen LogP contribution in [0.5, 0.6) is 5.75 Å². The fourth-order valence-corrected chi connectivity index (χ4v) is 3.67. The molecular weight excluding hydrogens is 402 g/mol. The van der Waals surface area contributed by atoms with Crippen molar-refractivity contribution in [3.63, 3.8) is 0 Å². The highest BCUT2D eigenvalue weighted by atomic mass is 79.9. The molecule has 0 aliphatic heterocycles. The van der Waals surface area contributed by atoms with E-state index in [0.717, 1.165) is 43.9 Å². The first-order valence-electron chi connectivity index (χ1n) is 8.71. The normalized spacial score (nSPS) is 17.2. The summed E-state index contributed by atoms with van der Waals surface area (Å²) in [6, 6.07) is 21.3. The number of ketones is 1. The van der Waals surface area contributed by atoms with Crippen LogP contribution in [0.1, 0.15) is 33.0 Å². The second kappa shape index (κ2) is 7.12. The molecule has 3 nitrogen and oxygen atoms in total. The van der Waals surface area contributed by atoms with Gasteiger partial charge in [-0.1, -0.05) is 52.3 Å². The summed E-state index contributed by atoms with van der Waals surface area (Å²) in [6.07, 6.45) is 0. The molecule has 0 saturated carbocycles. The SMILES string of the molecule is COc1ccc(C2C(=O)c3ccccc3C2=Nc2ccc(Br)c(C)c2)cc1. The Labute approximate surface area is 166 Å². The number of fused-ring (bicyclic) bond motifs is 1. The maximum Gasteiger partial charge on any atom is 0.176 e. The summed E-state index contributed by atoms with van der Waals surface area (Å²) in [4.78, 5) is 18.0. The zero-order valence-electron chi connectivity index (χ0n) is 15.1. The van der Waals surface area contributed by atoms with Crippen molar-refractivity contribution in [3.05, 3.63) is 93.5 Å². The number of halogens is 1. The molecule has 0 heterocycles. The molecule has 0 N–H and O–H groups in total. The highest BCUT2D eigenvalue weighted by Gasteiger charge is 2.37. The van der Waals surface area contributed by atoms with Gasteiger partial charge in [0.1, 0.15) is 5.75 Å². The second-order valence-corrected chi connectivity index (χ2v) is 7.40. The zero-order valence-corrected chi connectivity index (χ0v) is 16.7. The fraction of sp³-hybridized carbons (Fsp3) is 0.130. The molecule has 1 aliphatic rings. The molecular formula is C23H18BrNO2. The van der Waals surface area contributed by atoms with Gasteiger partial charge >= 0.3 is 0 Å². The predicted octanol–water partition coefficient (Wildman–Crippen LogP) is 5.87. The van der Waals surface area contributed by atoms with Crippen LogP contribution in [0, 0.1) is 6.92 Å². The minimum absolute atomic E-state index is 0.0864. The van der Waals surface area contributed by atoms with E-state index in [1.165, 1.54) is 0 Å². The van der Waals surface area contributed by atoms with E-state index < -0.39 is 5.92 Å². The largest absolute Gasteiger partial charge is 0.497 e. The van der Waals surface area contributed by atoms with Gasteiger partial charge < -0.3 is 4.74 Å². The van der Waals surface area contributed by atoms with Crippen LogP contribution in [0.15, 0.2) is 76.2 Å². The lowest BCUT2D eigenvalue weighted by molar-refractivity contribution is 0.0988. The summed E-state index contributed by atoms with van der Waals surface area (Å²) in [5, 5.41) is 0. The molecule has 4 heteroatoms. The van der Waals surface area contributed by atoms with Gasteiger partial charge in [0.2, 0.25) is 0 Å². The van der Waals surface area contributed by atoms with Crippen molar-refractivity contribution in [1.29, 1.82) is 0 Å². The van der Waals surface area contributed by atoms with E-state index in [-0.39, 0.29) is 5.78 Å². The van der Waals surface area contributed by atoms with E-state index in [1.54, 1.807) is 7.11 Å². The lowest BCUT2D eigenvalue weighted by atomic mass is 9.93. The standard InChI is InChI=1S/C23H18BrNO2/c1-14-13-16(9-12-20(14)24)25-22-18-5-3-4-6-19(18)23(26)21(22)15-7-10-17(27-2)11-8-15/h3-13,21H,1-2H3. The summed E-state index contributed by atoms with van der Waals surface area (Å²) < 4.78 is 6.29. The lowest BCUT2D eigenvalue weighted by Gasteiger charge is -2.12. The topological polar surface area (TPSA) is 38.7 Å². The summed E-state index contributed by atoms with van der Waals surface area (Å²) in [7, 11) is 1.63. The van der Waals surface area contributed by atoms with Crippen LogP contribution in [0.25, 0.3) is 0 Å². The molecule has 1 atom stereocenters. The molecule has 3 aromatic carbocycles. The number of benzene rings is 3. The third-order valence-electron chi connectivity index (χ3n) is 4.84. The first-order chi connectivity index (χ1) is 13.1. The van der Waals surface area contributed by atoms with Crippen LogP contribution < -0.4 is 4.74 Å². The van der Waals surface area contributed by atoms with Gasteiger partial charge in [0, 0.05) is 15.6 Å². The fourth-order valence-electron chi connectivity index (χ4n) is 3.42. The van der Waals surface area contributed by atoms with Crippen LogP contribution in [0.4, 0.5) is 5.69 Å². The molecule has 4 rings (SSSR count). The quantitative estimate of drug-likeness (QED) is 0.532. The second-order valence-electron chi connectivity index (χ2n) is 6.55. The summed E-state index contributed by atoms with van der Waals surface area (Å²) in [5.41, 5.74) is 5.30. The Morgan fingerprint density at radius 2 is 1.67 bits per heavy atom. The van der Waals surface area contributed by atoms with Crippen molar-refractivity contribution in [2.24, 2.45) is 4.99 Å². The molecule has 1 aliphatic carbocycles. The van der Waals surface area contributed by atoms with Crippen molar-refractivity contribution in [2.75, 3.05) is 7.11 Å². The van der Waals surface area contributed by atoms with E-state index in [0.29, 0.717) is 0 Å². The van der Waals surface area contributed by atoms with Crippen molar-refractivity contribution in [2.45, 2.75) is 12.8 Å². The first kappa shape index (κ1) is 17.7. The summed E-state index contributed by atoms with van der Waals surface area (Å²) in [6.45, 7) is 2.03. The molecule has 0 radical (unpaired) electrons. The van der Waals surface area contributed by atoms with Crippen molar-refractivity contribution in [3.8, 4) is 5.75 Å². The van der Waals surface area contributed by atoms with E-state index in [1.807, 2.05) is 73.7 Å². The molecule has 1 unspecified atom stereocenters. The summed E-state index contributed by atoms with van der Waals surface area (Å²) >= 11 is 3.53. The third-order valence-corrected chi connectivity index (χ3v) is 5.73. The highest BCUT2D eigenvalue weighted by molar-refractivity contribution is 9.10. The van der Waals surface area contributed by atoms with Crippen LogP contribution in [0.2, 0.25) is 0 Å². The van der Waals surface area contributed by atoms with E-state index in [4.69, 9.17) is 9.73 Å². The molecule has 0 bridgehead atoms. The van der Waals surface area contributed by atoms with Gasteiger partial charge in [-0.2, -0.15) is 0 Å². The molecule has 0 aromatic heterocycles. The molecule has 0 amide bonds. The van der Waals surface area contributed by atoms with Gasteiger partial charge in [-0.05, 0) is 48.4 Å². The molecule has 27 heavy (non-hydrogen) atoms. The van der Waals surface area contributed by atoms with Gasteiger partial charge in [0.15, 0.2) is 5.78 Å². The Kier molecular flexibility index (Phi) is 4.66. The molecule has 0 spiro atoms. The third kappa shape index (κ3) is 3.21. The first-order valence-corrected chi connectivity index (χ1v) is 9.50. The molecule has 0 fully saturated rings. The Balaban J connectivity index is 1.86. The zero-order chi connectivity index (χ0) is 19.0. The monoisotopic (exact) mass is 419 g/mol. The molecule has 0 saturated heterocycles. The number of ether oxygens (including phenoxy) is 1. The van der Waals surface area contributed by atoms with E-state index in [9.17, 15) is 4.79 Å². The number of rotatable bonds is 3. The number of Topliss-reactive ketones (excluding diaryl/α,β-unsaturated/α-hetero) is 1. The Bertz CT molecular complexity index is 1050. The van der Waals surface area contributed by atoms with Gasteiger partial charge in [-0.25, -0.2) is 0 Å². The Morgan fingerprint density at radius 1 is 0.963 bits per heavy atom. The summed E-state index contributed by atoms with van der Waals surface area (Å²) in [5.74, 6) is 0.448. The van der Waals surface area contributed by atoms with Crippen molar-refractivity contribution < 1.29 is 9.53 Å². The average Bonchev–Trinajstić information content (AvgIpc) is 2.97. The van der Waals surface area contributed by atoms with Crippen LogP contribution >= 0.6 is 15.9 Å². The predicted molar refractivity (Wildman–Crippen MR) is 112 cm³/mol. The number of aryl methyl sites for hydroxylation is 1. The smallest absolute Gasteiger partial charge is 0.176 e. The number of hydrogen-bond acceptors (Lipinski definition) is 3. The number of aliphatic imine (C=N–C) groups is 1. The van der Waals surface area contributed by atoms with Crippen LogP contribution in [-0.4, -0.2) is 18.6 Å². The highest BCUT2D eigenvalue weighted by Crippen LogP contribution is 2.37. The van der Waals surface area contributed by atoms with Crippen molar-refractivity contribution in [1.82, 2.24) is 0 Å². The van der Waals surface area contributed by atoms with Crippen molar-refractivity contribution >= 4 is 33.1 Å². The molecule has 134 valence electrons. The van der Waals surface area contributed by atoms with Crippen LogP contribution in [0.3, 0.4) is 0 Å². The lowest BCUT2D eigenvalue weighted by Crippen LogP contribution is -2.13. The number of carbonyl (C=O) groups excluding carboxylic acids is 1. The van der Waals surface area contributed by atoms with Gasteiger partial charge in [0.05, 0.1) is 24.4 Å².